The number of benzene rings is 1. The summed E-state index contributed by atoms with van der Waals surface area (Å²) in [5, 5.41) is 8.69. The quantitative estimate of drug-likeness (QED) is 0.911. The molecular formula is C12H7F2NO3. The van der Waals surface area contributed by atoms with Crippen LogP contribution in [-0.2, 0) is 0 Å². The summed E-state index contributed by atoms with van der Waals surface area (Å²) in [4.78, 5) is 14.0. The van der Waals surface area contributed by atoms with Crippen molar-refractivity contribution in [1.82, 2.24) is 4.98 Å². The van der Waals surface area contributed by atoms with E-state index in [0.29, 0.717) is 6.07 Å². The predicted molar refractivity (Wildman–Crippen MR) is 57.6 cm³/mol. The van der Waals surface area contributed by atoms with Crippen molar-refractivity contribution in [2.45, 2.75) is 0 Å². The molecule has 1 aromatic carbocycles. The van der Waals surface area contributed by atoms with E-state index in [1.54, 1.807) is 0 Å². The second-order valence-electron chi connectivity index (χ2n) is 3.37. The van der Waals surface area contributed by atoms with E-state index >= 15 is 0 Å². The fourth-order valence-corrected chi connectivity index (χ4v) is 1.25. The summed E-state index contributed by atoms with van der Waals surface area (Å²) >= 11 is 0. The van der Waals surface area contributed by atoms with Gasteiger partial charge >= 0.3 is 5.97 Å². The molecule has 0 radical (unpaired) electrons. The van der Waals surface area contributed by atoms with E-state index in [1.165, 1.54) is 24.3 Å². The summed E-state index contributed by atoms with van der Waals surface area (Å²) in [6.45, 7) is 0. The molecule has 18 heavy (non-hydrogen) atoms. The van der Waals surface area contributed by atoms with Crippen LogP contribution in [0, 0.1) is 11.6 Å². The number of hydrogen-bond acceptors (Lipinski definition) is 3. The van der Waals surface area contributed by atoms with Gasteiger partial charge in [-0.3, -0.25) is 0 Å². The number of aromatic carboxylic acids is 1. The molecule has 4 nitrogen and oxygen atoms in total. The molecule has 0 unspecified atom stereocenters. The highest BCUT2D eigenvalue weighted by Crippen LogP contribution is 2.22. The monoisotopic (exact) mass is 251 g/mol. The molecule has 0 bridgehead atoms. The standard InChI is InChI=1S/C12H7F2NO3/c13-8-5-10(14)11(15-6-8)18-9-3-1-7(2-4-9)12(16)17/h1-6H,(H,16,17). The third kappa shape index (κ3) is 2.60. The molecule has 0 spiro atoms. The van der Waals surface area contributed by atoms with Crippen LogP contribution in [0.3, 0.4) is 0 Å². The van der Waals surface area contributed by atoms with Crippen molar-refractivity contribution in [2.24, 2.45) is 0 Å². The van der Waals surface area contributed by atoms with Crippen LogP contribution in [-0.4, -0.2) is 16.1 Å². The molecule has 0 saturated heterocycles. The number of aromatic nitrogens is 1. The first kappa shape index (κ1) is 12.0. The first-order valence-electron chi connectivity index (χ1n) is 4.88. The number of carboxylic acid groups (broad SMARTS) is 1. The smallest absolute Gasteiger partial charge is 0.335 e. The number of halogens is 2. The van der Waals surface area contributed by atoms with Crippen LogP contribution in [0.25, 0.3) is 0 Å². The minimum absolute atomic E-state index is 0.0786. The summed E-state index contributed by atoms with van der Waals surface area (Å²) in [5.41, 5.74) is 0.0786. The molecule has 2 aromatic rings. The molecule has 0 amide bonds. The number of ether oxygens (including phenoxy) is 1. The first-order chi connectivity index (χ1) is 8.56. The van der Waals surface area contributed by atoms with Crippen LogP contribution < -0.4 is 4.74 Å². The van der Waals surface area contributed by atoms with E-state index in [4.69, 9.17) is 9.84 Å². The van der Waals surface area contributed by atoms with E-state index < -0.39 is 17.6 Å². The van der Waals surface area contributed by atoms with Crippen molar-refractivity contribution in [1.29, 1.82) is 0 Å². The maximum Gasteiger partial charge on any atom is 0.335 e. The first-order valence-corrected chi connectivity index (χ1v) is 4.88. The Morgan fingerprint density at radius 1 is 1.22 bits per heavy atom. The fourth-order valence-electron chi connectivity index (χ4n) is 1.25. The third-order valence-corrected chi connectivity index (χ3v) is 2.09. The van der Waals surface area contributed by atoms with Crippen molar-refractivity contribution in [2.75, 3.05) is 0 Å². The summed E-state index contributed by atoms with van der Waals surface area (Å²) < 4.78 is 30.9. The van der Waals surface area contributed by atoms with Crippen LogP contribution >= 0.6 is 0 Å². The van der Waals surface area contributed by atoms with Gasteiger partial charge in [0, 0.05) is 6.07 Å². The van der Waals surface area contributed by atoms with Crippen LogP contribution in [0.1, 0.15) is 10.4 Å². The molecule has 0 atom stereocenters. The van der Waals surface area contributed by atoms with Crippen molar-refractivity contribution in [3.8, 4) is 11.6 Å². The molecule has 0 aliphatic heterocycles. The highest BCUT2D eigenvalue weighted by atomic mass is 19.1. The van der Waals surface area contributed by atoms with Crippen LogP contribution in [0.4, 0.5) is 8.78 Å². The molecule has 0 aliphatic carbocycles. The average Bonchev–Trinajstić information content (AvgIpc) is 2.33. The average molecular weight is 251 g/mol. The number of rotatable bonds is 3. The van der Waals surface area contributed by atoms with Gasteiger partial charge in [0.05, 0.1) is 11.8 Å². The maximum atomic E-state index is 13.2. The molecule has 2 rings (SSSR count). The number of carbonyl (C=O) groups is 1. The van der Waals surface area contributed by atoms with E-state index in [2.05, 4.69) is 4.98 Å². The number of carboxylic acids is 1. The molecule has 0 aliphatic rings. The third-order valence-electron chi connectivity index (χ3n) is 2.09. The highest BCUT2D eigenvalue weighted by Gasteiger charge is 2.08. The molecule has 1 aromatic heterocycles. The Labute approximate surface area is 100 Å². The lowest BCUT2D eigenvalue weighted by Gasteiger charge is -2.05. The Kier molecular flexibility index (Phi) is 3.18. The van der Waals surface area contributed by atoms with Gasteiger partial charge in [-0.25, -0.2) is 18.6 Å². The zero-order valence-corrected chi connectivity index (χ0v) is 8.93. The lowest BCUT2D eigenvalue weighted by atomic mass is 10.2. The summed E-state index contributed by atoms with van der Waals surface area (Å²) in [6, 6.07) is 5.97. The van der Waals surface area contributed by atoms with Gasteiger partial charge in [0.1, 0.15) is 11.6 Å². The SMILES string of the molecule is O=C(O)c1ccc(Oc2ncc(F)cc2F)cc1. The minimum atomic E-state index is -1.08. The van der Waals surface area contributed by atoms with Crippen molar-refractivity contribution in [3.63, 3.8) is 0 Å². The molecule has 1 heterocycles. The Hall–Kier alpha value is -2.50. The Balaban J connectivity index is 2.21. The summed E-state index contributed by atoms with van der Waals surface area (Å²) in [7, 11) is 0. The second-order valence-corrected chi connectivity index (χ2v) is 3.37. The van der Waals surface area contributed by atoms with Crippen LogP contribution in [0.2, 0.25) is 0 Å². The summed E-state index contributed by atoms with van der Waals surface area (Å²) in [6.07, 6.45) is 0.823. The van der Waals surface area contributed by atoms with Gasteiger partial charge in [0.2, 0.25) is 0 Å². The van der Waals surface area contributed by atoms with E-state index in [0.717, 1.165) is 6.20 Å². The largest absolute Gasteiger partial charge is 0.478 e. The summed E-state index contributed by atoms with van der Waals surface area (Å²) in [5.74, 6) is -2.98. The van der Waals surface area contributed by atoms with Gasteiger partial charge in [-0.05, 0) is 24.3 Å². The molecule has 1 N–H and O–H groups in total. The second kappa shape index (κ2) is 4.79. The molecule has 0 saturated carbocycles. The normalized spacial score (nSPS) is 10.1. The van der Waals surface area contributed by atoms with E-state index in [-0.39, 0.29) is 17.2 Å². The number of hydrogen-bond donors (Lipinski definition) is 1. The lowest BCUT2D eigenvalue weighted by molar-refractivity contribution is 0.0697. The van der Waals surface area contributed by atoms with Gasteiger partial charge in [-0.15, -0.1) is 0 Å². The lowest BCUT2D eigenvalue weighted by Crippen LogP contribution is -1.96. The van der Waals surface area contributed by atoms with Crippen molar-refractivity contribution < 1.29 is 23.4 Å². The number of pyridine rings is 1. The molecular weight excluding hydrogens is 244 g/mol. The van der Waals surface area contributed by atoms with Gasteiger partial charge < -0.3 is 9.84 Å². The van der Waals surface area contributed by atoms with Gasteiger partial charge in [0.15, 0.2) is 5.82 Å². The maximum absolute atomic E-state index is 13.2. The van der Waals surface area contributed by atoms with Gasteiger partial charge in [0.25, 0.3) is 5.88 Å². The number of nitrogens with zero attached hydrogens (tertiary/aromatic N) is 1. The topological polar surface area (TPSA) is 59.4 Å². The van der Waals surface area contributed by atoms with Crippen LogP contribution in [0.15, 0.2) is 36.5 Å². The van der Waals surface area contributed by atoms with E-state index in [9.17, 15) is 13.6 Å². The zero-order valence-electron chi connectivity index (χ0n) is 8.93. The highest BCUT2D eigenvalue weighted by molar-refractivity contribution is 5.87. The molecule has 92 valence electrons. The Morgan fingerprint density at radius 2 is 1.89 bits per heavy atom. The Morgan fingerprint density at radius 3 is 2.44 bits per heavy atom. The Bertz CT molecular complexity index is 584. The predicted octanol–water partition coefficient (Wildman–Crippen LogP) is 2.85. The zero-order chi connectivity index (χ0) is 13.1. The molecule has 0 fully saturated rings. The van der Waals surface area contributed by atoms with Gasteiger partial charge in [-0.1, -0.05) is 0 Å². The molecule has 6 heteroatoms. The van der Waals surface area contributed by atoms with Crippen LogP contribution in [0.5, 0.6) is 11.6 Å². The van der Waals surface area contributed by atoms with Crippen molar-refractivity contribution >= 4 is 5.97 Å². The van der Waals surface area contributed by atoms with E-state index in [1.807, 2.05) is 0 Å². The van der Waals surface area contributed by atoms with Gasteiger partial charge in [-0.2, -0.15) is 0 Å². The fraction of sp³-hybridized carbons (Fsp3) is 0. The minimum Gasteiger partial charge on any atom is -0.478 e. The van der Waals surface area contributed by atoms with Crippen molar-refractivity contribution in [3.05, 3.63) is 53.7 Å².